The fourth-order valence-corrected chi connectivity index (χ4v) is 6.84. The number of aryl methyl sites for hydroxylation is 1. The van der Waals surface area contributed by atoms with Crippen LogP contribution in [0.2, 0.25) is 0 Å². The summed E-state index contributed by atoms with van der Waals surface area (Å²) in [6.45, 7) is 2.01. The molecular weight excluding hydrogens is 591 g/mol. The van der Waals surface area contributed by atoms with Crippen molar-refractivity contribution in [2.24, 2.45) is 0 Å². The highest BCUT2D eigenvalue weighted by atomic mass is 35.5. The first-order valence-electron chi connectivity index (χ1n) is 13.6. The van der Waals surface area contributed by atoms with Crippen LogP contribution in [0.5, 0.6) is 0 Å². The van der Waals surface area contributed by atoms with Gasteiger partial charge in [-0.2, -0.15) is 0 Å². The summed E-state index contributed by atoms with van der Waals surface area (Å²) in [6.07, 6.45) is -0.219. The van der Waals surface area contributed by atoms with Gasteiger partial charge in [-0.25, -0.2) is 18.0 Å². The SMILES string of the molecule is Cc1ccccc1-c1c(-c2cccc(C3=C(Cl)C=C(C(=O)O)CC3)c2)n(Sc2ccc(C(F)F)cc2)c2ccc(F)cc12. The molecule has 0 aliphatic heterocycles. The van der Waals surface area contributed by atoms with Crippen molar-refractivity contribution in [3.8, 4) is 22.4 Å². The van der Waals surface area contributed by atoms with E-state index in [1.54, 1.807) is 18.2 Å². The van der Waals surface area contributed by atoms with E-state index >= 15 is 0 Å². The zero-order valence-electron chi connectivity index (χ0n) is 23.0. The lowest BCUT2D eigenvalue weighted by atomic mass is 9.90. The van der Waals surface area contributed by atoms with Crippen molar-refractivity contribution in [3.05, 3.63) is 130 Å². The van der Waals surface area contributed by atoms with Gasteiger partial charge in [0.05, 0.1) is 11.2 Å². The summed E-state index contributed by atoms with van der Waals surface area (Å²) < 4.78 is 43.4. The third kappa shape index (κ3) is 5.63. The molecule has 1 aromatic heterocycles. The Bertz CT molecular complexity index is 1940. The third-order valence-electron chi connectivity index (χ3n) is 7.62. The van der Waals surface area contributed by atoms with Crippen molar-refractivity contribution in [1.29, 1.82) is 0 Å². The van der Waals surface area contributed by atoms with E-state index in [2.05, 4.69) is 0 Å². The van der Waals surface area contributed by atoms with Crippen molar-refractivity contribution in [1.82, 2.24) is 3.97 Å². The van der Waals surface area contributed by atoms with E-state index in [9.17, 15) is 23.1 Å². The summed E-state index contributed by atoms with van der Waals surface area (Å²) in [5, 5.41) is 10.5. The lowest BCUT2D eigenvalue weighted by Gasteiger charge is -2.18. The van der Waals surface area contributed by atoms with Crippen LogP contribution in [0.15, 0.2) is 113 Å². The topological polar surface area (TPSA) is 42.2 Å². The molecule has 0 amide bonds. The minimum absolute atomic E-state index is 0.0601. The Morgan fingerprint density at radius 1 is 0.930 bits per heavy atom. The number of allylic oxidation sites excluding steroid dienone is 3. The highest BCUT2D eigenvalue weighted by molar-refractivity contribution is 7.98. The van der Waals surface area contributed by atoms with Crippen LogP contribution in [0.3, 0.4) is 0 Å². The van der Waals surface area contributed by atoms with Gasteiger partial charge >= 0.3 is 5.97 Å². The molecule has 0 unspecified atom stereocenters. The van der Waals surface area contributed by atoms with Gasteiger partial charge in [0.2, 0.25) is 0 Å². The van der Waals surface area contributed by atoms with Gasteiger partial charge in [0.15, 0.2) is 0 Å². The Morgan fingerprint density at radius 2 is 1.67 bits per heavy atom. The second-order valence-corrected chi connectivity index (χ2v) is 11.8. The molecule has 0 radical (unpaired) electrons. The summed E-state index contributed by atoms with van der Waals surface area (Å²) in [5.41, 5.74) is 7.13. The molecule has 1 aliphatic carbocycles. The predicted molar refractivity (Wildman–Crippen MR) is 168 cm³/mol. The average Bonchev–Trinajstić information content (AvgIpc) is 3.30. The molecule has 0 fully saturated rings. The summed E-state index contributed by atoms with van der Waals surface area (Å²) in [5.74, 6) is -1.35. The van der Waals surface area contributed by atoms with E-state index in [4.69, 9.17) is 11.6 Å². The zero-order valence-corrected chi connectivity index (χ0v) is 24.5. The average molecular weight is 616 g/mol. The van der Waals surface area contributed by atoms with Crippen LogP contribution in [-0.4, -0.2) is 15.0 Å². The van der Waals surface area contributed by atoms with Gasteiger partial charge in [-0.15, -0.1) is 0 Å². The van der Waals surface area contributed by atoms with E-state index in [0.29, 0.717) is 17.9 Å². The zero-order chi connectivity index (χ0) is 30.2. The number of hydrogen-bond donors (Lipinski definition) is 1. The van der Waals surface area contributed by atoms with Gasteiger partial charge in [-0.05, 0) is 96.5 Å². The van der Waals surface area contributed by atoms with Crippen molar-refractivity contribution in [2.75, 3.05) is 0 Å². The maximum Gasteiger partial charge on any atom is 0.331 e. The molecular formula is C35H25ClF3NO2S. The number of halogens is 4. The van der Waals surface area contributed by atoms with Crippen molar-refractivity contribution in [2.45, 2.75) is 31.1 Å². The Morgan fingerprint density at radius 3 is 2.37 bits per heavy atom. The lowest BCUT2D eigenvalue weighted by molar-refractivity contribution is -0.132. The molecule has 3 nitrogen and oxygen atoms in total. The lowest BCUT2D eigenvalue weighted by Crippen LogP contribution is -2.05. The van der Waals surface area contributed by atoms with Crippen molar-refractivity contribution >= 4 is 46.0 Å². The summed E-state index contributed by atoms with van der Waals surface area (Å²) in [4.78, 5) is 12.3. The number of nitrogens with zero attached hydrogens (tertiary/aromatic N) is 1. The Labute approximate surface area is 256 Å². The second kappa shape index (κ2) is 11.8. The van der Waals surface area contributed by atoms with Crippen LogP contribution in [0, 0.1) is 12.7 Å². The minimum atomic E-state index is -2.57. The maximum atomic E-state index is 14.8. The number of rotatable bonds is 7. The normalized spacial score (nSPS) is 13.6. The van der Waals surface area contributed by atoms with Crippen LogP contribution in [0.1, 0.15) is 36.0 Å². The van der Waals surface area contributed by atoms with E-state index in [1.807, 2.05) is 59.4 Å². The molecule has 8 heteroatoms. The quantitative estimate of drug-likeness (QED) is 0.198. The molecule has 4 aromatic carbocycles. The van der Waals surface area contributed by atoms with Crippen LogP contribution >= 0.6 is 23.5 Å². The van der Waals surface area contributed by atoms with Gasteiger partial charge in [0.1, 0.15) is 5.82 Å². The summed E-state index contributed by atoms with van der Waals surface area (Å²) in [7, 11) is 0. The van der Waals surface area contributed by atoms with Crippen LogP contribution in [0.25, 0.3) is 38.9 Å². The number of aliphatic carboxylic acids is 1. The molecule has 0 bridgehead atoms. The number of fused-ring (bicyclic) bond motifs is 1. The molecule has 1 N–H and O–H groups in total. The third-order valence-corrected chi connectivity index (χ3v) is 9.00. The molecule has 6 rings (SSSR count). The molecule has 5 aromatic rings. The van der Waals surface area contributed by atoms with Gasteiger partial charge in [0.25, 0.3) is 6.43 Å². The van der Waals surface area contributed by atoms with Gasteiger partial charge in [0, 0.05) is 37.6 Å². The van der Waals surface area contributed by atoms with E-state index in [-0.39, 0.29) is 17.0 Å². The van der Waals surface area contributed by atoms with E-state index in [1.165, 1.54) is 42.3 Å². The van der Waals surface area contributed by atoms with E-state index in [0.717, 1.165) is 54.9 Å². The van der Waals surface area contributed by atoms with Gasteiger partial charge in [-0.1, -0.05) is 66.2 Å². The molecule has 0 spiro atoms. The minimum Gasteiger partial charge on any atom is -0.478 e. The summed E-state index contributed by atoms with van der Waals surface area (Å²) in [6, 6.07) is 26.6. The fraction of sp³-hybridized carbons (Fsp3) is 0.114. The highest BCUT2D eigenvalue weighted by Gasteiger charge is 2.24. The number of carboxylic acid groups (broad SMARTS) is 1. The number of carboxylic acids is 1. The van der Waals surface area contributed by atoms with Crippen LogP contribution in [0.4, 0.5) is 13.2 Å². The Kier molecular flexibility index (Phi) is 7.95. The van der Waals surface area contributed by atoms with Crippen LogP contribution in [-0.2, 0) is 4.79 Å². The first-order valence-corrected chi connectivity index (χ1v) is 14.8. The number of carbonyl (C=O) groups is 1. The van der Waals surface area contributed by atoms with Crippen LogP contribution < -0.4 is 0 Å². The van der Waals surface area contributed by atoms with Crippen molar-refractivity contribution < 1.29 is 23.1 Å². The summed E-state index contributed by atoms with van der Waals surface area (Å²) >= 11 is 7.96. The maximum absolute atomic E-state index is 14.8. The fourth-order valence-electron chi connectivity index (χ4n) is 5.49. The standard InChI is InChI=1S/C35H25ClF3NO2S/c1-20-5-2-3-8-27(20)32-29-19-25(37)12-16-31(29)40(43-26-13-9-21(10-14-26)34(38)39)33(32)23-7-4-6-22(17-23)28-15-11-24(35(41)42)18-30(28)36/h2-10,12-14,16-19,34H,11,15H2,1H3,(H,41,42). The Hall–Kier alpha value is -4.20. The first-order chi connectivity index (χ1) is 20.7. The second-order valence-electron chi connectivity index (χ2n) is 10.3. The largest absolute Gasteiger partial charge is 0.478 e. The molecule has 216 valence electrons. The smallest absolute Gasteiger partial charge is 0.331 e. The van der Waals surface area contributed by atoms with Crippen molar-refractivity contribution in [3.63, 3.8) is 0 Å². The molecule has 43 heavy (non-hydrogen) atoms. The number of benzene rings is 4. The van der Waals surface area contributed by atoms with Gasteiger partial charge in [-0.3, -0.25) is 3.97 Å². The number of alkyl halides is 2. The van der Waals surface area contributed by atoms with E-state index < -0.39 is 12.4 Å². The molecule has 0 atom stereocenters. The predicted octanol–water partition coefficient (Wildman–Crippen LogP) is 10.7. The monoisotopic (exact) mass is 615 g/mol. The molecule has 1 heterocycles. The molecule has 0 saturated carbocycles. The molecule has 1 aliphatic rings. The molecule has 0 saturated heterocycles. The van der Waals surface area contributed by atoms with Gasteiger partial charge < -0.3 is 5.11 Å². The first kappa shape index (κ1) is 28.9. The Balaban J connectivity index is 1.60. The number of hydrogen-bond acceptors (Lipinski definition) is 2. The number of aromatic nitrogens is 1. The highest BCUT2D eigenvalue weighted by Crippen LogP contribution is 2.46.